The topological polar surface area (TPSA) is 86.9 Å². The first-order valence-electron chi connectivity index (χ1n) is 6.86. The molecule has 0 spiro atoms. The van der Waals surface area contributed by atoms with E-state index < -0.39 is 0 Å². The van der Waals surface area contributed by atoms with Crippen molar-refractivity contribution in [2.45, 2.75) is 6.42 Å². The number of nitrogens with one attached hydrogen (secondary N) is 1. The molecule has 3 aromatic rings. The lowest BCUT2D eigenvalue weighted by atomic mass is 10.1. The first-order chi connectivity index (χ1) is 10.6. The first kappa shape index (κ1) is 13.9. The number of phenols is 1. The standard InChI is InChI=1S/C16H15N3O3/c20-12-5-3-11(4-6-12)7-8-17-16(22)13-10-19-9-1-2-14(21)15(19)18-13/h1-6,9-10,20-21H,7-8H2,(H,17,22). The monoisotopic (exact) mass is 297 g/mol. The Morgan fingerprint density at radius 3 is 2.68 bits per heavy atom. The van der Waals surface area contributed by atoms with Gasteiger partial charge in [-0.2, -0.15) is 0 Å². The minimum Gasteiger partial charge on any atom is -0.508 e. The summed E-state index contributed by atoms with van der Waals surface area (Å²) in [5.74, 6) is -0.0372. The molecule has 0 unspecified atom stereocenters. The van der Waals surface area contributed by atoms with Gasteiger partial charge in [0.1, 0.15) is 11.4 Å². The molecular weight excluding hydrogens is 282 g/mol. The molecule has 1 aromatic carbocycles. The van der Waals surface area contributed by atoms with Crippen LogP contribution in [0.15, 0.2) is 48.8 Å². The Kier molecular flexibility index (Phi) is 3.65. The summed E-state index contributed by atoms with van der Waals surface area (Å²) < 4.78 is 1.60. The van der Waals surface area contributed by atoms with Crippen molar-refractivity contribution in [1.82, 2.24) is 14.7 Å². The van der Waals surface area contributed by atoms with E-state index in [9.17, 15) is 15.0 Å². The highest BCUT2D eigenvalue weighted by Crippen LogP contribution is 2.16. The summed E-state index contributed by atoms with van der Waals surface area (Å²) in [5.41, 5.74) is 1.63. The predicted octanol–water partition coefficient (Wildman–Crippen LogP) is 1.72. The second kappa shape index (κ2) is 5.77. The number of fused-ring (bicyclic) bond motifs is 1. The van der Waals surface area contributed by atoms with Gasteiger partial charge in [0.05, 0.1) is 0 Å². The summed E-state index contributed by atoms with van der Waals surface area (Å²) in [4.78, 5) is 16.2. The van der Waals surface area contributed by atoms with E-state index in [-0.39, 0.29) is 23.1 Å². The molecule has 0 fully saturated rings. The van der Waals surface area contributed by atoms with Crippen molar-refractivity contribution in [3.8, 4) is 11.5 Å². The molecular formula is C16H15N3O3. The van der Waals surface area contributed by atoms with Gasteiger partial charge in [0, 0.05) is 18.9 Å². The van der Waals surface area contributed by atoms with Crippen molar-refractivity contribution in [3.63, 3.8) is 0 Å². The molecule has 22 heavy (non-hydrogen) atoms. The molecule has 0 radical (unpaired) electrons. The van der Waals surface area contributed by atoms with Crippen molar-refractivity contribution >= 4 is 11.6 Å². The molecule has 3 rings (SSSR count). The third kappa shape index (κ3) is 2.85. The number of imidazole rings is 1. The molecule has 1 amide bonds. The maximum absolute atomic E-state index is 12.1. The molecule has 0 atom stereocenters. The average Bonchev–Trinajstić information content (AvgIpc) is 2.95. The number of aromatic nitrogens is 2. The Bertz CT molecular complexity index is 809. The number of pyridine rings is 1. The number of nitrogens with zero attached hydrogens (tertiary/aromatic N) is 2. The van der Waals surface area contributed by atoms with Crippen LogP contribution in [-0.4, -0.2) is 32.0 Å². The second-order valence-electron chi connectivity index (χ2n) is 4.92. The van der Waals surface area contributed by atoms with Gasteiger partial charge in [-0.25, -0.2) is 4.98 Å². The largest absolute Gasteiger partial charge is 0.508 e. The van der Waals surface area contributed by atoms with Gasteiger partial charge in [0.25, 0.3) is 5.91 Å². The lowest BCUT2D eigenvalue weighted by molar-refractivity contribution is 0.0950. The number of aromatic hydroxyl groups is 2. The molecule has 0 saturated heterocycles. The number of hydrogen-bond acceptors (Lipinski definition) is 4. The van der Waals surface area contributed by atoms with E-state index in [4.69, 9.17) is 0 Å². The van der Waals surface area contributed by atoms with Gasteiger partial charge in [-0.1, -0.05) is 12.1 Å². The SMILES string of the molecule is O=C(NCCc1ccc(O)cc1)c1cn2cccc(O)c2n1. The van der Waals surface area contributed by atoms with Crippen LogP contribution in [0, 0.1) is 0 Å². The summed E-state index contributed by atoms with van der Waals surface area (Å²) in [6, 6.07) is 10.0. The normalized spacial score (nSPS) is 10.7. The van der Waals surface area contributed by atoms with Crippen molar-refractivity contribution in [1.29, 1.82) is 0 Å². The maximum atomic E-state index is 12.1. The average molecular weight is 297 g/mol. The summed E-state index contributed by atoms with van der Waals surface area (Å²) in [5, 5.41) is 21.7. The van der Waals surface area contributed by atoms with Gasteiger partial charge in [0.2, 0.25) is 0 Å². The van der Waals surface area contributed by atoms with E-state index in [1.807, 2.05) is 12.1 Å². The molecule has 0 bridgehead atoms. The van der Waals surface area contributed by atoms with Crippen LogP contribution in [0.25, 0.3) is 5.65 Å². The zero-order valence-electron chi connectivity index (χ0n) is 11.7. The quantitative estimate of drug-likeness (QED) is 0.684. The first-order valence-corrected chi connectivity index (χ1v) is 6.86. The number of carbonyl (C=O) groups excluding carboxylic acids is 1. The molecule has 112 valence electrons. The van der Waals surface area contributed by atoms with Crippen molar-refractivity contribution in [2.24, 2.45) is 0 Å². The van der Waals surface area contributed by atoms with Gasteiger partial charge in [0.15, 0.2) is 11.4 Å². The van der Waals surface area contributed by atoms with Gasteiger partial charge >= 0.3 is 0 Å². The second-order valence-corrected chi connectivity index (χ2v) is 4.92. The van der Waals surface area contributed by atoms with E-state index in [0.717, 1.165) is 5.56 Å². The molecule has 2 aromatic heterocycles. The zero-order valence-corrected chi connectivity index (χ0v) is 11.7. The fourth-order valence-electron chi connectivity index (χ4n) is 2.18. The molecule has 0 aliphatic carbocycles. The number of amides is 1. The van der Waals surface area contributed by atoms with Crippen LogP contribution in [0.4, 0.5) is 0 Å². The number of hydrogen-bond donors (Lipinski definition) is 3. The van der Waals surface area contributed by atoms with Crippen LogP contribution in [0.5, 0.6) is 11.5 Å². The summed E-state index contributed by atoms with van der Waals surface area (Å²) >= 11 is 0. The summed E-state index contributed by atoms with van der Waals surface area (Å²) in [6.07, 6.45) is 3.95. The Labute approximate surface area is 126 Å². The third-order valence-electron chi connectivity index (χ3n) is 3.33. The van der Waals surface area contributed by atoms with Crippen LogP contribution in [-0.2, 0) is 6.42 Å². The Balaban J connectivity index is 1.63. The minimum absolute atomic E-state index is 0.0330. The van der Waals surface area contributed by atoms with E-state index in [2.05, 4.69) is 10.3 Å². The van der Waals surface area contributed by atoms with E-state index in [0.29, 0.717) is 18.6 Å². The van der Waals surface area contributed by atoms with Crippen LogP contribution in [0.1, 0.15) is 16.1 Å². The molecule has 0 aliphatic heterocycles. The Morgan fingerprint density at radius 1 is 1.18 bits per heavy atom. The van der Waals surface area contributed by atoms with Gasteiger partial charge in [-0.3, -0.25) is 4.79 Å². The van der Waals surface area contributed by atoms with E-state index in [1.54, 1.807) is 35.0 Å². The van der Waals surface area contributed by atoms with Crippen LogP contribution in [0.2, 0.25) is 0 Å². The predicted molar refractivity (Wildman–Crippen MR) is 81.0 cm³/mol. The number of phenolic OH excluding ortho intramolecular Hbond substituents is 1. The molecule has 6 heteroatoms. The van der Waals surface area contributed by atoms with Gasteiger partial charge in [-0.05, 0) is 36.2 Å². The van der Waals surface area contributed by atoms with Crippen LogP contribution < -0.4 is 5.32 Å². The Morgan fingerprint density at radius 2 is 1.95 bits per heavy atom. The summed E-state index contributed by atoms with van der Waals surface area (Å²) in [6.45, 7) is 0.462. The summed E-state index contributed by atoms with van der Waals surface area (Å²) in [7, 11) is 0. The Hall–Kier alpha value is -3.02. The minimum atomic E-state index is -0.290. The third-order valence-corrected chi connectivity index (χ3v) is 3.33. The van der Waals surface area contributed by atoms with Crippen molar-refractivity contribution in [2.75, 3.05) is 6.54 Å². The lowest BCUT2D eigenvalue weighted by Gasteiger charge is -2.03. The van der Waals surface area contributed by atoms with Crippen molar-refractivity contribution in [3.05, 3.63) is 60.0 Å². The van der Waals surface area contributed by atoms with E-state index in [1.165, 1.54) is 6.07 Å². The number of benzene rings is 1. The molecule has 0 saturated carbocycles. The number of carbonyl (C=O) groups is 1. The maximum Gasteiger partial charge on any atom is 0.271 e. The lowest BCUT2D eigenvalue weighted by Crippen LogP contribution is -2.25. The molecule has 6 nitrogen and oxygen atoms in total. The highest BCUT2D eigenvalue weighted by molar-refractivity contribution is 5.93. The highest BCUT2D eigenvalue weighted by Gasteiger charge is 2.11. The van der Waals surface area contributed by atoms with Crippen LogP contribution >= 0.6 is 0 Å². The van der Waals surface area contributed by atoms with Gasteiger partial charge < -0.3 is 19.9 Å². The fourth-order valence-corrected chi connectivity index (χ4v) is 2.18. The molecule has 0 aliphatic rings. The smallest absolute Gasteiger partial charge is 0.271 e. The van der Waals surface area contributed by atoms with Gasteiger partial charge in [-0.15, -0.1) is 0 Å². The molecule has 2 heterocycles. The highest BCUT2D eigenvalue weighted by atomic mass is 16.3. The zero-order chi connectivity index (χ0) is 15.5. The number of rotatable bonds is 4. The van der Waals surface area contributed by atoms with Crippen molar-refractivity contribution < 1.29 is 15.0 Å². The van der Waals surface area contributed by atoms with E-state index >= 15 is 0 Å². The fraction of sp³-hybridized carbons (Fsp3) is 0.125. The molecule has 3 N–H and O–H groups in total. The van der Waals surface area contributed by atoms with Crippen LogP contribution in [0.3, 0.4) is 0 Å².